The summed E-state index contributed by atoms with van der Waals surface area (Å²) < 4.78 is 10.9. The van der Waals surface area contributed by atoms with E-state index in [9.17, 15) is 9.59 Å². The Labute approximate surface area is 135 Å². The molecule has 23 heavy (non-hydrogen) atoms. The monoisotopic (exact) mass is 318 g/mol. The molecule has 0 bridgehead atoms. The number of hydrogen-bond acceptors (Lipinski definition) is 4. The van der Waals surface area contributed by atoms with Gasteiger partial charge in [-0.1, -0.05) is 12.1 Å². The zero-order chi connectivity index (χ0) is 16.1. The Hall–Kier alpha value is -1.92. The zero-order valence-corrected chi connectivity index (χ0v) is 13.0. The summed E-state index contributed by atoms with van der Waals surface area (Å²) in [5, 5.41) is 5.68. The molecule has 2 aliphatic heterocycles. The molecule has 3 rings (SSSR count). The van der Waals surface area contributed by atoms with E-state index in [0.717, 1.165) is 32.3 Å². The Morgan fingerprint density at radius 2 is 1.87 bits per heavy atom. The molecule has 2 aliphatic rings. The molecule has 124 valence electrons. The minimum Gasteiger partial charge on any atom is -0.376 e. The highest BCUT2D eigenvalue weighted by atomic mass is 16.5. The van der Waals surface area contributed by atoms with Crippen LogP contribution < -0.4 is 10.6 Å². The molecule has 6 heteroatoms. The van der Waals surface area contributed by atoms with Crippen molar-refractivity contribution in [3.05, 3.63) is 29.8 Å². The van der Waals surface area contributed by atoms with E-state index in [4.69, 9.17) is 9.47 Å². The second-order valence-corrected chi connectivity index (χ2v) is 5.88. The lowest BCUT2D eigenvalue weighted by molar-refractivity contribution is -0.124. The largest absolute Gasteiger partial charge is 0.376 e. The van der Waals surface area contributed by atoms with Gasteiger partial charge in [0.2, 0.25) is 0 Å². The van der Waals surface area contributed by atoms with E-state index in [-0.39, 0.29) is 17.9 Å². The van der Waals surface area contributed by atoms with E-state index in [1.807, 2.05) is 0 Å². The number of para-hydroxylation sites is 1. The maximum absolute atomic E-state index is 12.4. The molecule has 0 aliphatic carbocycles. The van der Waals surface area contributed by atoms with Crippen LogP contribution in [0.5, 0.6) is 0 Å². The molecule has 0 radical (unpaired) electrons. The fourth-order valence-electron chi connectivity index (χ4n) is 2.89. The fraction of sp³-hybridized carbons (Fsp3) is 0.529. The van der Waals surface area contributed by atoms with Crippen LogP contribution in [0.15, 0.2) is 24.3 Å². The first-order chi connectivity index (χ1) is 11.2. The van der Waals surface area contributed by atoms with Crippen LogP contribution in [0.3, 0.4) is 0 Å². The first-order valence-corrected chi connectivity index (χ1v) is 8.15. The quantitative estimate of drug-likeness (QED) is 0.866. The third-order valence-corrected chi connectivity index (χ3v) is 4.17. The van der Waals surface area contributed by atoms with Gasteiger partial charge in [0, 0.05) is 19.8 Å². The molecule has 2 N–H and O–H groups in total. The molecule has 2 amide bonds. The smallest absolute Gasteiger partial charge is 0.253 e. The van der Waals surface area contributed by atoms with Gasteiger partial charge in [-0.2, -0.15) is 0 Å². The number of benzene rings is 1. The summed E-state index contributed by atoms with van der Waals surface area (Å²) in [6.07, 6.45) is 3.29. The molecule has 2 fully saturated rings. The van der Waals surface area contributed by atoms with Crippen LogP contribution in [0.1, 0.15) is 36.0 Å². The van der Waals surface area contributed by atoms with E-state index in [1.165, 1.54) is 0 Å². The van der Waals surface area contributed by atoms with Crippen LogP contribution in [-0.2, 0) is 14.3 Å². The molecule has 2 heterocycles. The van der Waals surface area contributed by atoms with Crippen molar-refractivity contribution in [2.24, 2.45) is 0 Å². The summed E-state index contributed by atoms with van der Waals surface area (Å²) in [5.41, 5.74) is 0.967. The van der Waals surface area contributed by atoms with Gasteiger partial charge in [0.05, 0.1) is 17.4 Å². The topological polar surface area (TPSA) is 76.7 Å². The first-order valence-electron chi connectivity index (χ1n) is 8.15. The molecule has 0 spiro atoms. The van der Waals surface area contributed by atoms with Gasteiger partial charge in [-0.15, -0.1) is 0 Å². The van der Waals surface area contributed by atoms with Gasteiger partial charge in [-0.05, 0) is 37.8 Å². The number of hydrogen-bond donors (Lipinski definition) is 2. The second-order valence-electron chi connectivity index (χ2n) is 5.88. The number of carbonyl (C=O) groups excluding carboxylic acids is 2. The molecule has 2 atom stereocenters. The van der Waals surface area contributed by atoms with Crippen molar-refractivity contribution < 1.29 is 19.1 Å². The van der Waals surface area contributed by atoms with Gasteiger partial charge < -0.3 is 20.1 Å². The minimum atomic E-state index is -0.419. The molecule has 6 nitrogen and oxygen atoms in total. The number of rotatable bonds is 5. The normalized spacial score (nSPS) is 23.7. The number of carbonyl (C=O) groups is 2. The Morgan fingerprint density at radius 1 is 1.09 bits per heavy atom. The SMILES string of the molecule is O=C(NC[C@@H]1CCCO1)c1ccccc1NC(=O)[C@H]1CCCO1. The number of nitrogens with one attached hydrogen (secondary N) is 2. The molecule has 1 aromatic carbocycles. The van der Waals surface area contributed by atoms with Gasteiger partial charge in [0.15, 0.2) is 0 Å². The fourth-order valence-corrected chi connectivity index (χ4v) is 2.89. The molecule has 0 aromatic heterocycles. The van der Waals surface area contributed by atoms with E-state index in [2.05, 4.69) is 10.6 Å². The van der Waals surface area contributed by atoms with E-state index in [1.54, 1.807) is 24.3 Å². The van der Waals surface area contributed by atoms with Gasteiger partial charge in [-0.25, -0.2) is 0 Å². The summed E-state index contributed by atoms with van der Waals surface area (Å²) in [6, 6.07) is 7.01. The van der Waals surface area contributed by atoms with Gasteiger partial charge in [0.25, 0.3) is 11.8 Å². The Bertz CT molecular complexity index is 563. The third-order valence-electron chi connectivity index (χ3n) is 4.17. The summed E-state index contributed by atoms with van der Waals surface area (Å²) in [6.45, 7) is 1.86. The van der Waals surface area contributed by atoms with Crippen molar-refractivity contribution in [1.29, 1.82) is 0 Å². The second kappa shape index (κ2) is 7.57. The van der Waals surface area contributed by atoms with Crippen molar-refractivity contribution in [1.82, 2.24) is 5.32 Å². The minimum absolute atomic E-state index is 0.0904. The predicted octanol–water partition coefficient (Wildman–Crippen LogP) is 1.71. The number of anilines is 1. The molecular formula is C17H22N2O4. The van der Waals surface area contributed by atoms with Gasteiger partial charge >= 0.3 is 0 Å². The standard InChI is InChI=1S/C17H22N2O4/c20-16(18-11-12-5-3-9-22-12)13-6-1-2-7-14(13)19-17(21)15-8-4-10-23-15/h1-2,6-7,12,15H,3-5,8-11H2,(H,18,20)(H,19,21)/t12-,15+/m0/s1. The summed E-state index contributed by atoms with van der Waals surface area (Å²) >= 11 is 0. The summed E-state index contributed by atoms with van der Waals surface area (Å²) in [7, 11) is 0. The summed E-state index contributed by atoms with van der Waals surface area (Å²) in [4.78, 5) is 24.5. The van der Waals surface area contributed by atoms with E-state index < -0.39 is 6.10 Å². The Kier molecular flexibility index (Phi) is 5.25. The van der Waals surface area contributed by atoms with Crippen molar-refractivity contribution in [2.75, 3.05) is 25.1 Å². The van der Waals surface area contributed by atoms with Crippen molar-refractivity contribution in [3.63, 3.8) is 0 Å². The van der Waals surface area contributed by atoms with Gasteiger partial charge in [0.1, 0.15) is 6.10 Å². The van der Waals surface area contributed by atoms with E-state index >= 15 is 0 Å². The van der Waals surface area contributed by atoms with Crippen molar-refractivity contribution >= 4 is 17.5 Å². The van der Waals surface area contributed by atoms with Crippen LogP contribution in [0, 0.1) is 0 Å². The lowest BCUT2D eigenvalue weighted by Crippen LogP contribution is -2.33. The van der Waals surface area contributed by atoms with Crippen LogP contribution in [0.2, 0.25) is 0 Å². The van der Waals surface area contributed by atoms with Gasteiger partial charge in [-0.3, -0.25) is 9.59 Å². The van der Waals surface area contributed by atoms with Crippen LogP contribution >= 0.6 is 0 Å². The maximum Gasteiger partial charge on any atom is 0.253 e. The van der Waals surface area contributed by atoms with Crippen molar-refractivity contribution in [3.8, 4) is 0 Å². The van der Waals surface area contributed by atoms with Crippen LogP contribution in [0.25, 0.3) is 0 Å². The number of ether oxygens (including phenoxy) is 2. The molecule has 0 saturated carbocycles. The lowest BCUT2D eigenvalue weighted by Gasteiger charge is -2.15. The molecule has 2 saturated heterocycles. The molecular weight excluding hydrogens is 296 g/mol. The summed E-state index contributed by atoms with van der Waals surface area (Å²) in [5.74, 6) is -0.398. The average Bonchev–Trinajstić information content (AvgIpc) is 3.26. The first kappa shape index (κ1) is 16.0. The van der Waals surface area contributed by atoms with Crippen LogP contribution in [0.4, 0.5) is 5.69 Å². The lowest BCUT2D eigenvalue weighted by atomic mass is 10.1. The Morgan fingerprint density at radius 3 is 2.61 bits per heavy atom. The number of amides is 2. The molecule has 0 unspecified atom stereocenters. The highest BCUT2D eigenvalue weighted by Crippen LogP contribution is 2.19. The predicted molar refractivity (Wildman–Crippen MR) is 85.4 cm³/mol. The van der Waals surface area contributed by atoms with Crippen molar-refractivity contribution in [2.45, 2.75) is 37.9 Å². The highest BCUT2D eigenvalue weighted by molar-refractivity contribution is 6.04. The van der Waals surface area contributed by atoms with Crippen LogP contribution in [-0.4, -0.2) is 43.8 Å². The maximum atomic E-state index is 12.4. The Balaban J connectivity index is 1.62. The highest BCUT2D eigenvalue weighted by Gasteiger charge is 2.25. The third kappa shape index (κ3) is 4.09. The zero-order valence-electron chi connectivity index (χ0n) is 13.0. The molecule has 1 aromatic rings. The van der Waals surface area contributed by atoms with E-state index in [0.29, 0.717) is 24.4 Å². The average molecular weight is 318 g/mol.